The maximum Gasteiger partial charge on any atom is 0.243 e. The highest BCUT2D eigenvalue weighted by molar-refractivity contribution is 7.89. The molecule has 4 rings (SSSR count). The SMILES string of the molecule is CN1CCN(C2CCN(S(=O)(=O)c3ccc4ccccc4c3)CC2)CC1. The normalized spacial score (nSPS) is 22.0. The lowest BCUT2D eigenvalue weighted by Gasteiger charge is -2.41. The van der Waals surface area contributed by atoms with Gasteiger partial charge in [-0.15, -0.1) is 0 Å². The fourth-order valence-electron chi connectivity index (χ4n) is 4.11. The number of hydrogen-bond donors (Lipinski definition) is 0. The number of nitrogens with zero attached hydrogens (tertiary/aromatic N) is 3. The Labute approximate surface area is 156 Å². The third-order valence-electron chi connectivity index (χ3n) is 5.84. The molecule has 0 aromatic heterocycles. The summed E-state index contributed by atoms with van der Waals surface area (Å²) in [6.07, 6.45) is 1.85. The highest BCUT2D eigenvalue weighted by Gasteiger charge is 2.32. The molecule has 2 aromatic carbocycles. The van der Waals surface area contributed by atoms with Gasteiger partial charge in [0.25, 0.3) is 0 Å². The second kappa shape index (κ2) is 7.27. The minimum Gasteiger partial charge on any atom is -0.304 e. The molecular weight excluding hydrogens is 346 g/mol. The van der Waals surface area contributed by atoms with Crippen LogP contribution in [0.2, 0.25) is 0 Å². The number of piperazine rings is 1. The van der Waals surface area contributed by atoms with Crippen LogP contribution in [0.1, 0.15) is 12.8 Å². The van der Waals surface area contributed by atoms with Crippen LogP contribution in [0.5, 0.6) is 0 Å². The molecule has 0 spiro atoms. The van der Waals surface area contributed by atoms with E-state index < -0.39 is 10.0 Å². The summed E-state index contributed by atoms with van der Waals surface area (Å²) < 4.78 is 27.8. The zero-order chi connectivity index (χ0) is 18.1. The van der Waals surface area contributed by atoms with Gasteiger partial charge < -0.3 is 4.90 Å². The number of sulfonamides is 1. The minimum atomic E-state index is -3.41. The van der Waals surface area contributed by atoms with Crippen molar-refractivity contribution >= 4 is 20.8 Å². The Balaban J connectivity index is 1.45. The quantitative estimate of drug-likeness (QED) is 0.828. The van der Waals surface area contributed by atoms with Crippen LogP contribution in [0.15, 0.2) is 47.4 Å². The zero-order valence-corrected chi connectivity index (χ0v) is 16.2. The van der Waals surface area contributed by atoms with Crippen LogP contribution in [0, 0.1) is 0 Å². The summed E-state index contributed by atoms with van der Waals surface area (Å²) in [6.45, 7) is 5.64. The van der Waals surface area contributed by atoms with E-state index in [0.717, 1.165) is 49.8 Å². The van der Waals surface area contributed by atoms with E-state index in [2.05, 4.69) is 16.8 Å². The average molecular weight is 374 g/mol. The average Bonchev–Trinajstić information content (AvgIpc) is 2.68. The summed E-state index contributed by atoms with van der Waals surface area (Å²) in [5.41, 5.74) is 0. The fraction of sp³-hybridized carbons (Fsp3) is 0.500. The highest BCUT2D eigenvalue weighted by atomic mass is 32.2. The molecule has 0 bridgehead atoms. The molecule has 2 saturated heterocycles. The predicted molar refractivity (Wildman–Crippen MR) is 105 cm³/mol. The number of benzene rings is 2. The number of fused-ring (bicyclic) bond motifs is 1. The number of piperidine rings is 1. The van der Waals surface area contributed by atoms with Crippen molar-refractivity contribution in [1.82, 2.24) is 14.1 Å². The Morgan fingerprint density at radius 2 is 1.50 bits per heavy atom. The topological polar surface area (TPSA) is 43.9 Å². The van der Waals surface area contributed by atoms with Crippen LogP contribution in [0.3, 0.4) is 0 Å². The Bertz CT molecular complexity index is 868. The molecule has 0 atom stereocenters. The van der Waals surface area contributed by atoms with Gasteiger partial charge in [-0.2, -0.15) is 4.31 Å². The second-order valence-corrected chi connectivity index (χ2v) is 9.42. The molecule has 2 heterocycles. The monoisotopic (exact) mass is 373 g/mol. The molecule has 2 aliphatic heterocycles. The summed E-state index contributed by atoms with van der Waals surface area (Å²) in [4.78, 5) is 5.31. The molecule has 0 amide bonds. The summed E-state index contributed by atoms with van der Waals surface area (Å²) in [5.74, 6) is 0. The maximum absolute atomic E-state index is 13.1. The summed E-state index contributed by atoms with van der Waals surface area (Å²) in [5, 5.41) is 2.04. The highest BCUT2D eigenvalue weighted by Crippen LogP contribution is 2.26. The Morgan fingerprint density at radius 1 is 0.846 bits per heavy atom. The van der Waals surface area contributed by atoms with Gasteiger partial charge in [0.2, 0.25) is 10.0 Å². The van der Waals surface area contributed by atoms with Crippen molar-refractivity contribution in [3.8, 4) is 0 Å². The summed E-state index contributed by atoms with van der Waals surface area (Å²) >= 11 is 0. The van der Waals surface area contributed by atoms with Crippen molar-refractivity contribution in [2.24, 2.45) is 0 Å². The first-order valence-corrected chi connectivity index (χ1v) is 10.9. The van der Waals surface area contributed by atoms with E-state index >= 15 is 0 Å². The largest absolute Gasteiger partial charge is 0.304 e. The maximum atomic E-state index is 13.1. The molecule has 140 valence electrons. The van der Waals surface area contributed by atoms with Crippen LogP contribution in [0.4, 0.5) is 0 Å². The van der Waals surface area contributed by atoms with Gasteiger partial charge in [0.05, 0.1) is 4.90 Å². The van der Waals surface area contributed by atoms with Crippen molar-refractivity contribution in [2.45, 2.75) is 23.8 Å². The van der Waals surface area contributed by atoms with E-state index in [1.807, 2.05) is 30.3 Å². The van der Waals surface area contributed by atoms with Gasteiger partial charge in [-0.3, -0.25) is 4.90 Å². The van der Waals surface area contributed by atoms with Crippen molar-refractivity contribution in [3.05, 3.63) is 42.5 Å². The molecule has 0 radical (unpaired) electrons. The van der Waals surface area contributed by atoms with Crippen molar-refractivity contribution in [3.63, 3.8) is 0 Å². The Kier molecular flexibility index (Phi) is 5.01. The molecule has 0 unspecified atom stereocenters. The lowest BCUT2D eigenvalue weighted by atomic mass is 10.0. The Hall–Kier alpha value is -1.47. The summed E-state index contributed by atoms with van der Waals surface area (Å²) in [7, 11) is -1.25. The molecule has 2 aliphatic rings. The summed E-state index contributed by atoms with van der Waals surface area (Å²) in [6, 6.07) is 13.9. The molecule has 0 aliphatic carbocycles. The van der Waals surface area contributed by atoms with E-state index in [0.29, 0.717) is 24.0 Å². The van der Waals surface area contributed by atoms with Gasteiger partial charge in [0.15, 0.2) is 0 Å². The van der Waals surface area contributed by atoms with Gasteiger partial charge in [-0.05, 0) is 42.8 Å². The number of rotatable bonds is 3. The van der Waals surface area contributed by atoms with Gasteiger partial charge >= 0.3 is 0 Å². The van der Waals surface area contributed by atoms with Crippen LogP contribution in [-0.4, -0.2) is 74.9 Å². The number of hydrogen-bond acceptors (Lipinski definition) is 4. The fourth-order valence-corrected chi connectivity index (χ4v) is 5.62. The number of likely N-dealkylation sites (N-methyl/N-ethyl adjacent to an activating group) is 1. The first-order chi connectivity index (χ1) is 12.5. The smallest absolute Gasteiger partial charge is 0.243 e. The lowest BCUT2D eigenvalue weighted by Crippen LogP contribution is -2.52. The van der Waals surface area contributed by atoms with Crippen LogP contribution >= 0.6 is 0 Å². The molecule has 26 heavy (non-hydrogen) atoms. The van der Waals surface area contributed by atoms with Gasteiger partial charge in [-0.25, -0.2) is 8.42 Å². The van der Waals surface area contributed by atoms with E-state index in [1.165, 1.54) is 0 Å². The van der Waals surface area contributed by atoms with Crippen molar-refractivity contribution < 1.29 is 8.42 Å². The predicted octanol–water partition coefficient (Wildman–Crippen LogP) is 2.24. The lowest BCUT2D eigenvalue weighted by molar-refractivity contribution is 0.0836. The second-order valence-electron chi connectivity index (χ2n) is 7.48. The third-order valence-corrected chi connectivity index (χ3v) is 7.73. The van der Waals surface area contributed by atoms with E-state index in [1.54, 1.807) is 16.4 Å². The standard InChI is InChI=1S/C20H27N3O2S/c1-21-12-14-22(15-13-21)19-8-10-23(11-9-19)26(24,25)20-7-6-17-4-2-3-5-18(17)16-20/h2-7,16,19H,8-15H2,1H3. The molecule has 2 fully saturated rings. The van der Waals surface area contributed by atoms with Crippen molar-refractivity contribution in [2.75, 3.05) is 46.3 Å². The molecule has 0 N–H and O–H groups in total. The molecular formula is C20H27N3O2S. The van der Waals surface area contributed by atoms with Crippen LogP contribution in [-0.2, 0) is 10.0 Å². The third kappa shape index (κ3) is 3.51. The van der Waals surface area contributed by atoms with E-state index in [-0.39, 0.29) is 0 Å². The van der Waals surface area contributed by atoms with E-state index in [9.17, 15) is 8.42 Å². The van der Waals surface area contributed by atoms with E-state index in [4.69, 9.17) is 0 Å². The van der Waals surface area contributed by atoms with Crippen LogP contribution < -0.4 is 0 Å². The zero-order valence-electron chi connectivity index (χ0n) is 15.3. The van der Waals surface area contributed by atoms with Crippen LogP contribution in [0.25, 0.3) is 10.8 Å². The molecule has 5 nitrogen and oxygen atoms in total. The first-order valence-electron chi connectivity index (χ1n) is 9.45. The van der Waals surface area contributed by atoms with Gasteiger partial charge in [-0.1, -0.05) is 30.3 Å². The van der Waals surface area contributed by atoms with Gasteiger partial charge in [0, 0.05) is 45.3 Å². The van der Waals surface area contributed by atoms with Gasteiger partial charge in [0.1, 0.15) is 0 Å². The first kappa shape index (κ1) is 17.9. The molecule has 2 aromatic rings. The molecule has 0 saturated carbocycles. The molecule has 6 heteroatoms. The van der Waals surface area contributed by atoms with Crippen molar-refractivity contribution in [1.29, 1.82) is 0 Å². The minimum absolute atomic E-state index is 0.411. The Morgan fingerprint density at radius 3 is 2.19 bits per heavy atom.